The summed E-state index contributed by atoms with van der Waals surface area (Å²) in [5, 5.41) is 2.25. The van der Waals surface area contributed by atoms with Gasteiger partial charge >= 0.3 is 5.97 Å². The van der Waals surface area contributed by atoms with Crippen LogP contribution in [0.15, 0.2) is 71.2 Å². The van der Waals surface area contributed by atoms with Crippen LogP contribution in [0.25, 0.3) is 16.8 Å². The van der Waals surface area contributed by atoms with Crippen molar-refractivity contribution in [3.8, 4) is 5.75 Å². The minimum atomic E-state index is -0.389. The van der Waals surface area contributed by atoms with E-state index in [0.717, 1.165) is 26.4 Å². The van der Waals surface area contributed by atoms with Crippen molar-refractivity contribution < 1.29 is 9.53 Å². The molecule has 0 fully saturated rings. The summed E-state index contributed by atoms with van der Waals surface area (Å²) in [6.07, 6.45) is 3.25. The van der Waals surface area contributed by atoms with Gasteiger partial charge in [-0.15, -0.1) is 0 Å². The van der Waals surface area contributed by atoms with Crippen LogP contribution in [0.5, 0.6) is 5.75 Å². The maximum absolute atomic E-state index is 12.0. The smallest absolute Gasteiger partial charge is 0.336 e. The van der Waals surface area contributed by atoms with Crippen molar-refractivity contribution in [1.29, 1.82) is 0 Å². The van der Waals surface area contributed by atoms with E-state index >= 15 is 0 Å². The predicted octanol–water partition coefficient (Wildman–Crippen LogP) is 5.53. The Morgan fingerprint density at radius 3 is 2.65 bits per heavy atom. The summed E-state index contributed by atoms with van der Waals surface area (Å²) in [4.78, 5) is 12.0. The zero-order valence-electron chi connectivity index (χ0n) is 12.6. The summed E-state index contributed by atoms with van der Waals surface area (Å²) in [6, 6.07) is 19.5. The first-order valence-corrected chi connectivity index (χ1v) is 8.06. The molecule has 0 spiro atoms. The third-order valence-corrected chi connectivity index (χ3v) is 4.46. The maximum atomic E-state index is 12.0. The lowest BCUT2D eigenvalue weighted by Crippen LogP contribution is -2.03. The topological polar surface area (TPSA) is 26.3 Å². The van der Waals surface area contributed by atoms with Gasteiger partial charge in [0.15, 0.2) is 0 Å². The Hall–Kier alpha value is -2.39. The van der Waals surface area contributed by atoms with E-state index < -0.39 is 0 Å². The highest BCUT2D eigenvalue weighted by Gasteiger charge is 2.03. The molecule has 0 aromatic heterocycles. The summed E-state index contributed by atoms with van der Waals surface area (Å²) >= 11 is 3.43. The van der Waals surface area contributed by atoms with Crippen molar-refractivity contribution in [3.63, 3.8) is 0 Å². The molecule has 0 saturated heterocycles. The minimum Gasteiger partial charge on any atom is -0.423 e. The third-order valence-electron chi connectivity index (χ3n) is 3.57. The molecule has 3 aromatic rings. The molecule has 0 unspecified atom stereocenters. The van der Waals surface area contributed by atoms with Crippen LogP contribution in [0, 0.1) is 6.92 Å². The van der Waals surface area contributed by atoms with Crippen molar-refractivity contribution in [2.24, 2.45) is 0 Å². The van der Waals surface area contributed by atoms with Crippen molar-refractivity contribution >= 4 is 38.7 Å². The molecule has 0 aliphatic rings. The summed E-state index contributed by atoms with van der Waals surface area (Å²) < 4.78 is 6.33. The van der Waals surface area contributed by atoms with Gasteiger partial charge in [-0.25, -0.2) is 4.79 Å². The average Bonchev–Trinajstić information content (AvgIpc) is 2.56. The lowest BCUT2D eigenvalue weighted by atomic mass is 10.0. The molecule has 3 rings (SSSR count). The van der Waals surface area contributed by atoms with E-state index in [-0.39, 0.29) is 5.97 Å². The summed E-state index contributed by atoms with van der Waals surface area (Å²) in [5.74, 6) is 0.151. The van der Waals surface area contributed by atoms with Crippen molar-refractivity contribution in [2.45, 2.75) is 6.92 Å². The van der Waals surface area contributed by atoms with E-state index in [1.807, 2.05) is 49.4 Å². The Morgan fingerprint density at radius 1 is 1.04 bits per heavy atom. The van der Waals surface area contributed by atoms with Crippen LogP contribution in [0.4, 0.5) is 0 Å². The molecular weight excluding hydrogens is 352 g/mol. The lowest BCUT2D eigenvalue weighted by Gasteiger charge is -2.04. The molecule has 0 radical (unpaired) electrons. The molecule has 2 nitrogen and oxygen atoms in total. The summed E-state index contributed by atoms with van der Waals surface area (Å²) in [5.41, 5.74) is 2.01. The fraction of sp³-hybridized carbons (Fsp3) is 0.0500. The van der Waals surface area contributed by atoms with Gasteiger partial charge in [0.05, 0.1) is 0 Å². The number of benzene rings is 3. The normalized spacial score (nSPS) is 11.0. The van der Waals surface area contributed by atoms with E-state index in [0.29, 0.717) is 5.75 Å². The highest BCUT2D eigenvalue weighted by atomic mass is 79.9. The van der Waals surface area contributed by atoms with Gasteiger partial charge in [-0.3, -0.25) is 0 Å². The Balaban J connectivity index is 1.78. The van der Waals surface area contributed by atoms with E-state index in [4.69, 9.17) is 4.74 Å². The Bertz CT molecular complexity index is 892. The SMILES string of the molecule is Cc1cc(OC(=O)/C=C/c2cccc3ccccc23)ccc1Br. The number of rotatable bonds is 3. The molecule has 0 heterocycles. The molecule has 23 heavy (non-hydrogen) atoms. The molecule has 3 heteroatoms. The number of carbonyl (C=O) groups excluding carboxylic acids is 1. The molecule has 0 N–H and O–H groups in total. The monoisotopic (exact) mass is 366 g/mol. The van der Waals surface area contributed by atoms with Crippen LogP contribution < -0.4 is 4.74 Å². The largest absolute Gasteiger partial charge is 0.423 e. The zero-order chi connectivity index (χ0) is 16.2. The zero-order valence-corrected chi connectivity index (χ0v) is 14.2. The Morgan fingerprint density at radius 2 is 1.83 bits per heavy atom. The lowest BCUT2D eigenvalue weighted by molar-refractivity contribution is -0.128. The number of ether oxygens (including phenoxy) is 1. The number of halogens is 1. The van der Waals surface area contributed by atoms with Crippen LogP contribution in [0.3, 0.4) is 0 Å². The highest BCUT2D eigenvalue weighted by Crippen LogP contribution is 2.22. The van der Waals surface area contributed by atoms with Crippen molar-refractivity contribution in [2.75, 3.05) is 0 Å². The van der Waals surface area contributed by atoms with Crippen molar-refractivity contribution in [3.05, 3.63) is 82.3 Å². The number of hydrogen-bond donors (Lipinski definition) is 0. The van der Waals surface area contributed by atoms with Gasteiger partial charge in [0.2, 0.25) is 0 Å². The number of fused-ring (bicyclic) bond motifs is 1. The van der Waals surface area contributed by atoms with Crippen LogP contribution in [0.1, 0.15) is 11.1 Å². The van der Waals surface area contributed by atoms with Gasteiger partial charge in [0, 0.05) is 10.5 Å². The molecule has 0 saturated carbocycles. The van der Waals surface area contributed by atoms with E-state index in [1.54, 1.807) is 12.1 Å². The predicted molar refractivity (Wildman–Crippen MR) is 97.5 cm³/mol. The van der Waals surface area contributed by atoms with Crippen molar-refractivity contribution in [1.82, 2.24) is 0 Å². The summed E-state index contributed by atoms with van der Waals surface area (Å²) in [6.45, 7) is 1.95. The molecule has 0 bridgehead atoms. The molecule has 0 atom stereocenters. The molecule has 0 aliphatic heterocycles. The highest BCUT2D eigenvalue weighted by molar-refractivity contribution is 9.10. The van der Waals surface area contributed by atoms with Crippen LogP contribution in [-0.4, -0.2) is 5.97 Å². The quantitative estimate of drug-likeness (QED) is 0.346. The van der Waals surface area contributed by atoms with Crippen LogP contribution >= 0.6 is 15.9 Å². The molecular formula is C20H15BrO2. The Labute approximate surface area is 143 Å². The van der Waals surface area contributed by atoms with E-state index in [9.17, 15) is 4.79 Å². The second-order valence-corrected chi connectivity index (χ2v) is 6.09. The minimum absolute atomic E-state index is 0.389. The average molecular weight is 367 g/mol. The van der Waals surface area contributed by atoms with E-state index in [2.05, 4.69) is 28.1 Å². The number of carbonyl (C=O) groups is 1. The molecule has 114 valence electrons. The summed E-state index contributed by atoms with van der Waals surface area (Å²) in [7, 11) is 0. The first kappa shape index (κ1) is 15.5. The van der Waals surface area contributed by atoms with E-state index in [1.165, 1.54) is 6.08 Å². The Kier molecular flexibility index (Phi) is 4.58. The number of aryl methyl sites for hydroxylation is 1. The third kappa shape index (κ3) is 3.69. The van der Waals surface area contributed by atoms with Gasteiger partial charge in [0.25, 0.3) is 0 Å². The maximum Gasteiger partial charge on any atom is 0.336 e. The standard InChI is InChI=1S/C20H15BrO2/c1-14-13-17(10-11-19(14)21)23-20(22)12-9-16-7-4-6-15-5-2-3-8-18(15)16/h2-13H,1H3/b12-9+. The fourth-order valence-electron chi connectivity index (χ4n) is 2.38. The molecule has 3 aromatic carbocycles. The van der Waals surface area contributed by atoms with Gasteiger partial charge in [0.1, 0.15) is 5.75 Å². The number of hydrogen-bond acceptors (Lipinski definition) is 2. The molecule has 0 aliphatic carbocycles. The number of esters is 1. The van der Waals surface area contributed by atoms with Crippen LogP contribution in [0.2, 0.25) is 0 Å². The van der Waals surface area contributed by atoms with Gasteiger partial charge in [-0.2, -0.15) is 0 Å². The first-order valence-electron chi connectivity index (χ1n) is 7.27. The second-order valence-electron chi connectivity index (χ2n) is 5.23. The fourth-order valence-corrected chi connectivity index (χ4v) is 2.63. The first-order chi connectivity index (χ1) is 11.1. The van der Waals surface area contributed by atoms with Gasteiger partial charge in [-0.05, 0) is 53.1 Å². The van der Waals surface area contributed by atoms with Crippen LogP contribution in [-0.2, 0) is 4.79 Å². The second kappa shape index (κ2) is 6.80. The van der Waals surface area contributed by atoms with Gasteiger partial charge in [-0.1, -0.05) is 58.4 Å². The van der Waals surface area contributed by atoms with Gasteiger partial charge < -0.3 is 4.74 Å². The molecule has 0 amide bonds.